The second kappa shape index (κ2) is 9.65. The first kappa shape index (κ1) is 18.8. The Morgan fingerprint density at radius 1 is 1.26 bits per heavy atom. The Morgan fingerprint density at radius 3 is 2.37 bits per heavy atom. The van der Waals surface area contributed by atoms with E-state index < -0.39 is 5.54 Å². The summed E-state index contributed by atoms with van der Waals surface area (Å²) in [5, 5.41) is 3.35. The average molecular weight is 289 g/mol. The van der Waals surface area contributed by atoms with E-state index in [2.05, 4.69) is 33.0 Å². The first-order valence-electron chi connectivity index (χ1n) is 7.34. The minimum atomic E-state index is -0.561. The number of hydrogen-bond donors (Lipinski definition) is 1. The largest absolute Gasteiger partial charge is 0.465 e. The minimum absolute atomic E-state index is 0.131. The van der Waals surface area contributed by atoms with Gasteiger partial charge in [-0.2, -0.15) is 11.8 Å². The van der Waals surface area contributed by atoms with Crippen molar-refractivity contribution in [3.05, 3.63) is 0 Å². The fourth-order valence-electron chi connectivity index (χ4n) is 1.86. The van der Waals surface area contributed by atoms with E-state index in [1.54, 1.807) is 0 Å². The molecule has 1 atom stereocenters. The van der Waals surface area contributed by atoms with Gasteiger partial charge >= 0.3 is 5.97 Å². The summed E-state index contributed by atoms with van der Waals surface area (Å²) in [6.07, 6.45) is 2.05. The van der Waals surface area contributed by atoms with Crippen LogP contribution in [0.25, 0.3) is 0 Å². The highest BCUT2D eigenvalue weighted by molar-refractivity contribution is 7.99. The van der Waals surface area contributed by atoms with E-state index in [9.17, 15) is 4.79 Å². The average Bonchev–Trinajstić information content (AvgIpc) is 2.27. The molecule has 0 saturated carbocycles. The molecule has 1 unspecified atom stereocenters. The van der Waals surface area contributed by atoms with Gasteiger partial charge in [0, 0.05) is 6.04 Å². The summed E-state index contributed by atoms with van der Waals surface area (Å²) >= 11 is 1.92. The maximum absolute atomic E-state index is 12.1. The third kappa shape index (κ3) is 8.53. The number of nitrogens with one attached hydrogen (secondary N) is 1. The molecule has 0 aliphatic heterocycles. The summed E-state index contributed by atoms with van der Waals surface area (Å²) in [5.74, 6) is 2.77. The van der Waals surface area contributed by atoms with Crippen molar-refractivity contribution in [3.8, 4) is 0 Å². The molecule has 1 N–H and O–H groups in total. The Hall–Kier alpha value is -0.220. The molecule has 0 aromatic carbocycles. The smallest absolute Gasteiger partial charge is 0.326 e. The number of carbonyl (C=O) groups is 1. The molecule has 4 heteroatoms. The molecule has 0 rings (SSSR count). The van der Waals surface area contributed by atoms with Crippen LogP contribution in [0.3, 0.4) is 0 Å². The molecule has 114 valence electrons. The Balaban J connectivity index is 4.23. The predicted molar refractivity (Wildman–Crippen MR) is 84.7 cm³/mol. The lowest BCUT2D eigenvalue weighted by molar-refractivity contribution is -0.150. The van der Waals surface area contributed by atoms with Gasteiger partial charge in [0.25, 0.3) is 0 Å². The fourth-order valence-corrected chi connectivity index (χ4v) is 3.25. The zero-order valence-corrected chi connectivity index (χ0v) is 14.2. The quantitative estimate of drug-likeness (QED) is 0.493. The van der Waals surface area contributed by atoms with Gasteiger partial charge in [0.15, 0.2) is 0 Å². The zero-order valence-electron chi connectivity index (χ0n) is 13.4. The lowest BCUT2D eigenvalue weighted by Crippen LogP contribution is -2.53. The van der Waals surface area contributed by atoms with Crippen molar-refractivity contribution in [1.29, 1.82) is 0 Å². The minimum Gasteiger partial charge on any atom is -0.465 e. The number of thioether (sulfide) groups is 1. The third-order valence-electron chi connectivity index (χ3n) is 2.92. The first-order valence-corrected chi connectivity index (χ1v) is 8.50. The van der Waals surface area contributed by atoms with Crippen molar-refractivity contribution in [2.75, 3.05) is 18.1 Å². The summed E-state index contributed by atoms with van der Waals surface area (Å²) in [5.41, 5.74) is -0.561. The molecule has 0 aliphatic carbocycles. The maximum atomic E-state index is 12.1. The van der Waals surface area contributed by atoms with Crippen LogP contribution in [0, 0.1) is 5.92 Å². The molecule has 0 saturated heterocycles. The van der Waals surface area contributed by atoms with Gasteiger partial charge in [-0.3, -0.25) is 10.1 Å². The zero-order chi connectivity index (χ0) is 14.9. The fraction of sp³-hybridized carbons (Fsp3) is 0.933. The molecule has 0 aliphatic rings. The highest BCUT2D eigenvalue weighted by Crippen LogP contribution is 2.18. The summed E-state index contributed by atoms with van der Waals surface area (Å²) in [7, 11) is 0. The van der Waals surface area contributed by atoms with Crippen LogP contribution in [0.4, 0.5) is 0 Å². The van der Waals surface area contributed by atoms with Crippen molar-refractivity contribution in [1.82, 2.24) is 5.32 Å². The van der Waals surface area contributed by atoms with Crippen LogP contribution in [-0.2, 0) is 9.53 Å². The van der Waals surface area contributed by atoms with Gasteiger partial charge in [0.2, 0.25) is 0 Å². The van der Waals surface area contributed by atoms with Gasteiger partial charge in [-0.1, -0.05) is 13.8 Å². The third-order valence-corrected chi connectivity index (χ3v) is 3.94. The van der Waals surface area contributed by atoms with E-state index >= 15 is 0 Å². The van der Waals surface area contributed by atoms with Crippen LogP contribution in [0.5, 0.6) is 0 Å². The molecular weight excluding hydrogens is 258 g/mol. The molecule has 19 heavy (non-hydrogen) atoms. The van der Waals surface area contributed by atoms with Crippen molar-refractivity contribution >= 4 is 17.7 Å². The van der Waals surface area contributed by atoms with E-state index in [1.807, 2.05) is 25.6 Å². The lowest BCUT2D eigenvalue weighted by atomic mass is 9.98. The van der Waals surface area contributed by atoms with Crippen molar-refractivity contribution in [3.63, 3.8) is 0 Å². The molecular formula is C15H31NO2S. The Kier molecular flexibility index (Phi) is 9.54. The van der Waals surface area contributed by atoms with Gasteiger partial charge in [0.1, 0.15) is 5.54 Å². The van der Waals surface area contributed by atoms with Gasteiger partial charge in [-0.25, -0.2) is 0 Å². The summed E-state index contributed by atoms with van der Waals surface area (Å²) in [6.45, 7) is 12.8. The number of esters is 1. The van der Waals surface area contributed by atoms with Gasteiger partial charge in [-0.05, 0) is 58.0 Å². The number of ether oxygens (including phenoxy) is 1. The molecule has 0 spiro atoms. The molecule has 0 amide bonds. The predicted octanol–water partition coefficient (Wildman–Crippen LogP) is 3.48. The molecule has 0 radical (unpaired) electrons. The van der Waals surface area contributed by atoms with Crippen LogP contribution in [0.2, 0.25) is 0 Å². The highest BCUT2D eigenvalue weighted by atomic mass is 32.2. The van der Waals surface area contributed by atoms with Crippen LogP contribution in [-0.4, -0.2) is 35.7 Å². The molecule has 0 heterocycles. The number of carbonyl (C=O) groups excluding carboxylic acids is 1. The van der Waals surface area contributed by atoms with E-state index in [4.69, 9.17) is 4.74 Å². The Labute approximate surface area is 123 Å². The van der Waals surface area contributed by atoms with Crippen molar-refractivity contribution in [2.24, 2.45) is 5.92 Å². The highest BCUT2D eigenvalue weighted by Gasteiger charge is 2.34. The topological polar surface area (TPSA) is 38.3 Å². The SMILES string of the molecule is CCOC(=O)C(C)(CCSCCC(C)C)NC(C)C. The summed E-state index contributed by atoms with van der Waals surface area (Å²) in [4.78, 5) is 12.1. The van der Waals surface area contributed by atoms with Gasteiger partial charge < -0.3 is 4.74 Å². The molecule has 0 aromatic heterocycles. The van der Waals surface area contributed by atoms with Gasteiger partial charge in [-0.15, -0.1) is 0 Å². The lowest BCUT2D eigenvalue weighted by Gasteiger charge is -2.30. The monoisotopic (exact) mass is 289 g/mol. The second-order valence-corrected chi connectivity index (χ2v) is 7.12. The molecule has 3 nitrogen and oxygen atoms in total. The molecule has 0 bridgehead atoms. The van der Waals surface area contributed by atoms with E-state index in [0.717, 1.165) is 23.8 Å². The first-order chi connectivity index (χ1) is 8.81. The summed E-state index contributed by atoms with van der Waals surface area (Å²) in [6, 6.07) is 0.273. The number of rotatable bonds is 10. The van der Waals surface area contributed by atoms with E-state index in [0.29, 0.717) is 6.61 Å². The molecule has 0 aromatic rings. The summed E-state index contributed by atoms with van der Waals surface area (Å²) < 4.78 is 5.19. The maximum Gasteiger partial charge on any atom is 0.326 e. The van der Waals surface area contributed by atoms with Crippen LogP contribution in [0.1, 0.15) is 54.4 Å². The number of hydrogen-bond acceptors (Lipinski definition) is 4. The Morgan fingerprint density at radius 2 is 1.89 bits per heavy atom. The van der Waals surface area contributed by atoms with Crippen LogP contribution >= 0.6 is 11.8 Å². The van der Waals surface area contributed by atoms with Crippen molar-refractivity contribution < 1.29 is 9.53 Å². The van der Waals surface area contributed by atoms with E-state index in [-0.39, 0.29) is 12.0 Å². The van der Waals surface area contributed by atoms with Crippen LogP contribution in [0.15, 0.2) is 0 Å². The van der Waals surface area contributed by atoms with Crippen LogP contribution < -0.4 is 5.32 Å². The van der Waals surface area contributed by atoms with Crippen molar-refractivity contribution in [2.45, 2.75) is 66.0 Å². The standard InChI is InChI=1S/C15H31NO2S/c1-7-18-14(17)15(6,16-13(4)5)9-11-19-10-8-12(2)3/h12-13,16H,7-11H2,1-6H3. The Bertz CT molecular complexity index is 257. The normalized spacial score (nSPS) is 14.7. The van der Waals surface area contributed by atoms with E-state index in [1.165, 1.54) is 6.42 Å². The van der Waals surface area contributed by atoms with Gasteiger partial charge in [0.05, 0.1) is 6.61 Å². The second-order valence-electron chi connectivity index (χ2n) is 5.90. The molecule has 0 fully saturated rings.